The lowest BCUT2D eigenvalue weighted by Crippen LogP contribution is -2.28. The van der Waals surface area contributed by atoms with Gasteiger partial charge < -0.3 is 5.32 Å². The van der Waals surface area contributed by atoms with Crippen LogP contribution >= 0.6 is 15.9 Å². The number of halogens is 1. The maximum Gasteiger partial charge on any atom is 0.261 e. The Hall–Kier alpha value is -1.20. The van der Waals surface area contributed by atoms with Crippen LogP contribution in [0.2, 0.25) is 0 Å². The van der Waals surface area contributed by atoms with Gasteiger partial charge in [0.25, 0.3) is 5.56 Å². The molecule has 1 aromatic heterocycles. The Balaban J connectivity index is 1.93. The van der Waals surface area contributed by atoms with Gasteiger partial charge in [-0.05, 0) is 43.5 Å². The Bertz CT molecular complexity index is 652. The van der Waals surface area contributed by atoms with E-state index in [1.165, 1.54) is 12.8 Å². The molecule has 0 amide bonds. The average Bonchev–Trinajstić information content (AvgIpc) is 2.45. The molecular formula is C16H22BrN3O. The van der Waals surface area contributed by atoms with Gasteiger partial charge in [0.05, 0.1) is 17.2 Å². The minimum atomic E-state index is 0.0188. The van der Waals surface area contributed by atoms with E-state index in [4.69, 9.17) is 0 Å². The van der Waals surface area contributed by atoms with Gasteiger partial charge in [-0.25, -0.2) is 4.98 Å². The van der Waals surface area contributed by atoms with Crippen molar-refractivity contribution < 1.29 is 0 Å². The molecule has 0 aliphatic heterocycles. The molecular weight excluding hydrogens is 330 g/mol. The van der Waals surface area contributed by atoms with Gasteiger partial charge in [0.1, 0.15) is 0 Å². The molecule has 0 saturated carbocycles. The quantitative estimate of drug-likeness (QED) is 0.779. The normalized spacial score (nSPS) is 11.4. The number of nitrogens with zero attached hydrogens (tertiary/aromatic N) is 2. The molecule has 1 heterocycles. The van der Waals surface area contributed by atoms with Crippen molar-refractivity contribution in [3.63, 3.8) is 0 Å². The van der Waals surface area contributed by atoms with Crippen LogP contribution in [0.1, 0.15) is 26.7 Å². The van der Waals surface area contributed by atoms with Crippen molar-refractivity contribution in [1.29, 1.82) is 0 Å². The van der Waals surface area contributed by atoms with Gasteiger partial charge in [-0.3, -0.25) is 9.36 Å². The molecule has 21 heavy (non-hydrogen) atoms. The largest absolute Gasteiger partial charge is 0.315 e. The minimum Gasteiger partial charge on any atom is -0.315 e. The first kappa shape index (κ1) is 16.2. The number of rotatable bonds is 7. The van der Waals surface area contributed by atoms with Gasteiger partial charge in [-0.1, -0.05) is 29.8 Å². The second-order valence-corrected chi connectivity index (χ2v) is 6.61. The average molecular weight is 352 g/mol. The van der Waals surface area contributed by atoms with Gasteiger partial charge in [-0.15, -0.1) is 0 Å². The fourth-order valence-corrected chi connectivity index (χ4v) is 2.61. The fourth-order valence-electron chi connectivity index (χ4n) is 2.25. The van der Waals surface area contributed by atoms with E-state index >= 15 is 0 Å². The number of hydrogen-bond acceptors (Lipinski definition) is 3. The van der Waals surface area contributed by atoms with E-state index in [2.05, 4.69) is 40.1 Å². The summed E-state index contributed by atoms with van der Waals surface area (Å²) in [6.07, 6.45) is 4.04. The highest BCUT2D eigenvalue weighted by molar-refractivity contribution is 9.10. The summed E-state index contributed by atoms with van der Waals surface area (Å²) in [6.45, 7) is 6.91. The molecule has 0 spiro atoms. The Labute approximate surface area is 133 Å². The second kappa shape index (κ2) is 7.71. The van der Waals surface area contributed by atoms with E-state index in [0.29, 0.717) is 11.9 Å². The molecule has 0 unspecified atom stereocenters. The van der Waals surface area contributed by atoms with Crippen LogP contribution in [0.4, 0.5) is 0 Å². The summed E-state index contributed by atoms with van der Waals surface area (Å²) in [5.41, 5.74) is 0.759. The van der Waals surface area contributed by atoms with Crippen LogP contribution in [0.3, 0.4) is 0 Å². The van der Waals surface area contributed by atoms with E-state index in [9.17, 15) is 4.79 Å². The molecule has 2 rings (SSSR count). The molecule has 1 N–H and O–H groups in total. The predicted molar refractivity (Wildman–Crippen MR) is 90.6 cm³/mol. The number of nitrogens with one attached hydrogen (secondary N) is 1. The minimum absolute atomic E-state index is 0.0188. The van der Waals surface area contributed by atoms with Crippen molar-refractivity contribution in [2.75, 3.05) is 13.1 Å². The molecule has 0 aliphatic carbocycles. The van der Waals surface area contributed by atoms with Crippen LogP contribution in [0.5, 0.6) is 0 Å². The molecule has 0 fully saturated rings. The van der Waals surface area contributed by atoms with E-state index in [0.717, 1.165) is 29.0 Å². The summed E-state index contributed by atoms with van der Waals surface area (Å²) < 4.78 is 2.57. The maximum atomic E-state index is 12.4. The summed E-state index contributed by atoms with van der Waals surface area (Å²) in [4.78, 5) is 16.7. The van der Waals surface area contributed by atoms with Crippen molar-refractivity contribution in [2.45, 2.75) is 33.2 Å². The van der Waals surface area contributed by atoms with Crippen LogP contribution in [0.15, 0.2) is 33.8 Å². The molecule has 0 atom stereocenters. The third kappa shape index (κ3) is 4.64. The molecule has 4 nitrogen and oxygen atoms in total. The predicted octanol–water partition coefficient (Wildman–Crippen LogP) is 3.18. The lowest BCUT2D eigenvalue weighted by Gasteiger charge is -2.09. The molecule has 1 aromatic carbocycles. The highest BCUT2D eigenvalue weighted by Crippen LogP contribution is 2.14. The SMILES string of the molecule is CC(C)CCCNCCn1cnc2ccc(Br)cc2c1=O. The first-order chi connectivity index (χ1) is 10.1. The first-order valence-electron chi connectivity index (χ1n) is 7.43. The summed E-state index contributed by atoms with van der Waals surface area (Å²) in [5, 5.41) is 4.04. The Kier molecular flexibility index (Phi) is 5.94. The van der Waals surface area contributed by atoms with Gasteiger partial charge in [0.15, 0.2) is 0 Å². The first-order valence-corrected chi connectivity index (χ1v) is 8.22. The molecule has 0 saturated heterocycles. The Morgan fingerprint density at radius 1 is 1.33 bits per heavy atom. The Morgan fingerprint density at radius 2 is 2.14 bits per heavy atom. The van der Waals surface area contributed by atoms with Crippen LogP contribution in [-0.4, -0.2) is 22.6 Å². The van der Waals surface area contributed by atoms with Gasteiger partial charge in [0, 0.05) is 17.6 Å². The summed E-state index contributed by atoms with van der Waals surface area (Å²) in [5.74, 6) is 0.748. The molecule has 0 bridgehead atoms. The zero-order chi connectivity index (χ0) is 15.2. The molecule has 0 radical (unpaired) electrons. The van der Waals surface area contributed by atoms with Gasteiger partial charge >= 0.3 is 0 Å². The molecule has 5 heteroatoms. The monoisotopic (exact) mass is 351 g/mol. The van der Waals surface area contributed by atoms with Gasteiger partial charge in [0.2, 0.25) is 0 Å². The van der Waals surface area contributed by atoms with Crippen molar-refractivity contribution in [3.05, 3.63) is 39.4 Å². The zero-order valence-electron chi connectivity index (χ0n) is 12.6. The van der Waals surface area contributed by atoms with Crippen LogP contribution in [0, 0.1) is 5.92 Å². The highest BCUT2D eigenvalue weighted by Gasteiger charge is 2.04. The zero-order valence-corrected chi connectivity index (χ0v) is 14.2. The fraction of sp³-hybridized carbons (Fsp3) is 0.500. The third-order valence-electron chi connectivity index (χ3n) is 3.45. The van der Waals surface area contributed by atoms with Crippen LogP contribution in [-0.2, 0) is 6.54 Å². The maximum absolute atomic E-state index is 12.4. The van der Waals surface area contributed by atoms with E-state index in [1.54, 1.807) is 10.9 Å². The van der Waals surface area contributed by atoms with Crippen LogP contribution < -0.4 is 10.9 Å². The topological polar surface area (TPSA) is 46.9 Å². The lowest BCUT2D eigenvalue weighted by molar-refractivity contribution is 0.512. The summed E-state index contributed by atoms with van der Waals surface area (Å²) in [6, 6.07) is 5.59. The second-order valence-electron chi connectivity index (χ2n) is 5.69. The number of aromatic nitrogens is 2. The summed E-state index contributed by atoms with van der Waals surface area (Å²) in [7, 11) is 0. The van der Waals surface area contributed by atoms with E-state index < -0.39 is 0 Å². The van der Waals surface area contributed by atoms with E-state index in [1.807, 2.05) is 18.2 Å². The summed E-state index contributed by atoms with van der Waals surface area (Å²) >= 11 is 3.40. The third-order valence-corrected chi connectivity index (χ3v) is 3.94. The number of fused-ring (bicyclic) bond motifs is 1. The van der Waals surface area contributed by atoms with Crippen molar-refractivity contribution in [3.8, 4) is 0 Å². The lowest BCUT2D eigenvalue weighted by atomic mass is 10.1. The molecule has 0 aliphatic rings. The van der Waals surface area contributed by atoms with Crippen molar-refractivity contribution in [2.24, 2.45) is 5.92 Å². The smallest absolute Gasteiger partial charge is 0.261 e. The standard InChI is InChI=1S/C16H22BrN3O/c1-12(2)4-3-7-18-8-9-20-11-19-15-6-5-13(17)10-14(15)16(20)21/h5-6,10-12,18H,3-4,7-9H2,1-2H3. The van der Waals surface area contributed by atoms with Crippen LogP contribution in [0.25, 0.3) is 10.9 Å². The van der Waals surface area contributed by atoms with E-state index in [-0.39, 0.29) is 5.56 Å². The van der Waals surface area contributed by atoms with Crippen molar-refractivity contribution in [1.82, 2.24) is 14.9 Å². The van der Waals surface area contributed by atoms with Gasteiger partial charge in [-0.2, -0.15) is 0 Å². The molecule has 114 valence electrons. The highest BCUT2D eigenvalue weighted by atomic mass is 79.9. The van der Waals surface area contributed by atoms with Crippen molar-refractivity contribution >= 4 is 26.8 Å². The Morgan fingerprint density at radius 3 is 2.90 bits per heavy atom. The number of hydrogen-bond donors (Lipinski definition) is 1. The molecule has 2 aromatic rings. The number of benzene rings is 1.